The van der Waals surface area contributed by atoms with Gasteiger partial charge in [-0.15, -0.1) is 0 Å². The second-order valence-corrected chi connectivity index (χ2v) is 5.63. The van der Waals surface area contributed by atoms with Crippen LogP contribution >= 0.6 is 0 Å². The van der Waals surface area contributed by atoms with Crippen LogP contribution in [-0.4, -0.2) is 18.4 Å². The fourth-order valence-electron chi connectivity index (χ4n) is 2.83. The van der Waals surface area contributed by atoms with Crippen molar-refractivity contribution in [2.45, 2.75) is 32.7 Å². The zero-order chi connectivity index (χ0) is 15.2. The molecule has 0 bridgehead atoms. The van der Waals surface area contributed by atoms with Crippen molar-refractivity contribution in [3.05, 3.63) is 29.8 Å². The molecular weight excluding hydrogens is 266 g/mol. The summed E-state index contributed by atoms with van der Waals surface area (Å²) in [6.07, 6.45) is 3.05. The summed E-state index contributed by atoms with van der Waals surface area (Å²) < 4.78 is 0. The molecule has 1 aliphatic carbocycles. The summed E-state index contributed by atoms with van der Waals surface area (Å²) in [6, 6.07) is 7.53. The minimum Gasteiger partial charge on any atom is -0.352 e. The van der Waals surface area contributed by atoms with Gasteiger partial charge in [0.05, 0.1) is 0 Å². The molecule has 0 spiro atoms. The highest BCUT2D eigenvalue weighted by Crippen LogP contribution is 2.31. The molecule has 2 amide bonds. The van der Waals surface area contributed by atoms with E-state index in [1.54, 1.807) is 0 Å². The summed E-state index contributed by atoms with van der Waals surface area (Å²) >= 11 is 0. The number of benzene rings is 1. The Morgan fingerprint density at radius 1 is 1.24 bits per heavy atom. The van der Waals surface area contributed by atoms with Crippen LogP contribution in [0.3, 0.4) is 0 Å². The van der Waals surface area contributed by atoms with Gasteiger partial charge in [-0.2, -0.15) is 0 Å². The van der Waals surface area contributed by atoms with E-state index in [9.17, 15) is 9.59 Å². The fourth-order valence-corrected chi connectivity index (χ4v) is 2.83. The Hall–Kier alpha value is -1.88. The van der Waals surface area contributed by atoms with Crippen molar-refractivity contribution in [3.8, 4) is 0 Å². The number of nitrogens with one attached hydrogen (secondary N) is 2. The monoisotopic (exact) mass is 289 g/mol. The molecule has 0 saturated heterocycles. The molecular formula is C16H23N3O2. The van der Waals surface area contributed by atoms with E-state index >= 15 is 0 Å². The lowest BCUT2D eigenvalue weighted by Crippen LogP contribution is -2.29. The van der Waals surface area contributed by atoms with E-state index in [0.29, 0.717) is 19.0 Å². The van der Waals surface area contributed by atoms with Crippen LogP contribution in [0.2, 0.25) is 0 Å². The van der Waals surface area contributed by atoms with Gasteiger partial charge in [0.2, 0.25) is 11.8 Å². The maximum Gasteiger partial charge on any atom is 0.227 e. The average molecular weight is 289 g/mol. The van der Waals surface area contributed by atoms with E-state index in [1.165, 1.54) is 6.92 Å². The number of carbonyl (C=O) groups excluding carboxylic acids is 2. The van der Waals surface area contributed by atoms with Gasteiger partial charge in [0.1, 0.15) is 0 Å². The van der Waals surface area contributed by atoms with Gasteiger partial charge in [-0.3, -0.25) is 9.59 Å². The lowest BCUT2D eigenvalue weighted by atomic mass is 9.95. The lowest BCUT2D eigenvalue weighted by molar-refractivity contribution is -0.121. The molecule has 1 aromatic rings. The third-order valence-electron chi connectivity index (χ3n) is 4.06. The fraction of sp³-hybridized carbons (Fsp3) is 0.500. The SMILES string of the molecule is CC(=O)NCc1ccc(NC(=O)[C@@H]2CCC[C@@H]2CN)cc1. The van der Waals surface area contributed by atoms with Crippen LogP contribution < -0.4 is 16.4 Å². The number of rotatable bonds is 5. The first-order valence-corrected chi connectivity index (χ1v) is 7.44. The first-order chi connectivity index (χ1) is 10.1. The quantitative estimate of drug-likeness (QED) is 0.770. The minimum atomic E-state index is -0.0542. The van der Waals surface area contributed by atoms with Crippen molar-refractivity contribution in [1.29, 1.82) is 0 Å². The smallest absolute Gasteiger partial charge is 0.227 e. The molecule has 1 fully saturated rings. The van der Waals surface area contributed by atoms with Gasteiger partial charge in [-0.25, -0.2) is 0 Å². The standard InChI is InChI=1S/C16H23N3O2/c1-11(20)18-10-12-5-7-14(8-6-12)19-16(21)15-4-2-3-13(15)9-17/h5-8,13,15H,2-4,9-10,17H2,1H3,(H,18,20)(H,19,21)/t13-,15-/m1/s1. The molecule has 21 heavy (non-hydrogen) atoms. The molecule has 0 aliphatic heterocycles. The van der Waals surface area contributed by atoms with Crippen LogP contribution in [0.4, 0.5) is 5.69 Å². The van der Waals surface area contributed by atoms with Gasteiger partial charge in [0.25, 0.3) is 0 Å². The van der Waals surface area contributed by atoms with E-state index < -0.39 is 0 Å². The number of carbonyl (C=O) groups is 2. The summed E-state index contributed by atoms with van der Waals surface area (Å²) in [4.78, 5) is 23.1. The molecule has 5 nitrogen and oxygen atoms in total. The van der Waals surface area contributed by atoms with E-state index in [-0.39, 0.29) is 17.7 Å². The average Bonchev–Trinajstić information content (AvgIpc) is 2.95. The van der Waals surface area contributed by atoms with Crippen LogP contribution in [-0.2, 0) is 16.1 Å². The van der Waals surface area contributed by atoms with Gasteiger partial charge in [-0.1, -0.05) is 18.6 Å². The van der Waals surface area contributed by atoms with Gasteiger partial charge < -0.3 is 16.4 Å². The predicted octanol–water partition coefficient (Wildman–Crippen LogP) is 1.64. The van der Waals surface area contributed by atoms with Crippen LogP contribution in [0.1, 0.15) is 31.7 Å². The zero-order valence-electron chi connectivity index (χ0n) is 12.4. The van der Waals surface area contributed by atoms with E-state index in [4.69, 9.17) is 5.73 Å². The summed E-state index contributed by atoms with van der Waals surface area (Å²) in [5.41, 5.74) is 7.51. The van der Waals surface area contributed by atoms with E-state index in [2.05, 4.69) is 10.6 Å². The van der Waals surface area contributed by atoms with Crippen LogP contribution in [0.25, 0.3) is 0 Å². The highest BCUT2D eigenvalue weighted by atomic mass is 16.2. The largest absolute Gasteiger partial charge is 0.352 e. The molecule has 2 atom stereocenters. The van der Waals surface area contributed by atoms with Crippen LogP contribution in [0.5, 0.6) is 0 Å². The number of nitrogens with two attached hydrogens (primary N) is 1. The molecule has 0 radical (unpaired) electrons. The third kappa shape index (κ3) is 4.29. The minimum absolute atomic E-state index is 0.0362. The maximum absolute atomic E-state index is 12.3. The molecule has 0 heterocycles. The van der Waals surface area contributed by atoms with E-state index in [0.717, 1.165) is 30.5 Å². The zero-order valence-corrected chi connectivity index (χ0v) is 12.4. The van der Waals surface area contributed by atoms with Crippen molar-refractivity contribution in [3.63, 3.8) is 0 Å². The van der Waals surface area contributed by atoms with E-state index in [1.807, 2.05) is 24.3 Å². The Kier molecular flexibility index (Phi) is 5.33. The molecule has 1 aromatic carbocycles. The van der Waals surface area contributed by atoms with Gasteiger partial charge in [0.15, 0.2) is 0 Å². The van der Waals surface area contributed by atoms with Crippen molar-refractivity contribution >= 4 is 17.5 Å². The second-order valence-electron chi connectivity index (χ2n) is 5.63. The number of hydrogen-bond acceptors (Lipinski definition) is 3. The van der Waals surface area contributed by atoms with Crippen LogP contribution in [0.15, 0.2) is 24.3 Å². The highest BCUT2D eigenvalue weighted by Gasteiger charge is 2.31. The van der Waals surface area contributed by atoms with Crippen molar-refractivity contribution < 1.29 is 9.59 Å². The van der Waals surface area contributed by atoms with Crippen LogP contribution in [0, 0.1) is 11.8 Å². The molecule has 1 saturated carbocycles. The van der Waals surface area contributed by atoms with Crippen molar-refractivity contribution in [1.82, 2.24) is 5.32 Å². The third-order valence-corrected chi connectivity index (χ3v) is 4.06. The van der Waals surface area contributed by atoms with Gasteiger partial charge >= 0.3 is 0 Å². The molecule has 1 aliphatic rings. The Morgan fingerprint density at radius 2 is 1.95 bits per heavy atom. The first kappa shape index (κ1) is 15.5. The number of anilines is 1. The number of amides is 2. The molecule has 5 heteroatoms. The van der Waals surface area contributed by atoms with Gasteiger partial charge in [0, 0.05) is 25.1 Å². The normalized spacial score (nSPS) is 21.0. The highest BCUT2D eigenvalue weighted by molar-refractivity contribution is 5.92. The second kappa shape index (κ2) is 7.22. The Balaban J connectivity index is 1.90. The van der Waals surface area contributed by atoms with Gasteiger partial charge in [-0.05, 0) is 43.0 Å². The molecule has 2 rings (SSSR count). The predicted molar refractivity (Wildman–Crippen MR) is 82.5 cm³/mol. The summed E-state index contributed by atoms with van der Waals surface area (Å²) in [5, 5.41) is 5.70. The molecule has 114 valence electrons. The van der Waals surface area contributed by atoms with Crippen molar-refractivity contribution in [2.75, 3.05) is 11.9 Å². The Labute approximate surface area is 125 Å². The first-order valence-electron chi connectivity index (χ1n) is 7.44. The molecule has 0 unspecified atom stereocenters. The Morgan fingerprint density at radius 3 is 2.57 bits per heavy atom. The molecule has 4 N–H and O–H groups in total. The summed E-state index contributed by atoms with van der Waals surface area (Å²) in [7, 11) is 0. The number of hydrogen-bond donors (Lipinski definition) is 3. The van der Waals surface area contributed by atoms with Crippen molar-refractivity contribution in [2.24, 2.45) is 17.6 Å². The topological polar surface area (TPSA) is 84.2 Å². The summed E-state index contributed by atoms with van der Waals surface area (Å²) in [5.74, 6) is 0.358. The summed E-state index contributed by atoms with van der Waals surface area (Å²) in [6.45, 7) is 2.57. The molecule has 0 aromatic heterocycles. The maximum atomic E-state index is 12.3. The lowest BCUT2D eigenvalue weighted by Gasteiger charge is -2.17. The Bertz CT molecular complexity index is 499.